The molecule has 2 aromatic rings. The quantitative estimate of drug-likeness (QED) is 0.591. The van der Waals surface area contributed by atoms with Gasteiger partial charge in [0.15, 0.2) is 10.7 Å². The third-order valence-electron chi connectivity index (χ3n) is 2.59. The Morgan fingerprint density at radius 2 is 1.50 bits per heavy atom. The van der Waals surface area contributed by atoms with Crippen molar-refractivity contribution in [1.82, 2.24) is 0 Å². The molecule has 22 heavy (non-hydrogen) atoms. The lowest BCUT2D eigenvalue weighted by Crippen LogP contribution is -2.36. The standard InChI is InChI=1S/C12H7Cl3N2O4S/c13-8-6-10(14)12(11(15)7-8)16(17(18)19)22(20,21)9-4-2-1-3-5-9/h1-7H. The molecule has 10 heteroatoms. The lowest BCUT2D eigenvalue weighted by atomic mass is 10.3. The Balaban J connectivity index is 2.70. The zero-order chi connectivity index (χ0) is 16.5. The molecule has 0 aromatic heterocycles. The molecule has 0 saturated heterocycles. The van der Waals surface area contributed by atoms with E-state index < -0.39 is 20.7 Å². The Morgan fingerprint density at radius 1 is 1.00 bits per heavy atom. The van der Waals surface area contributed by atoms with Crippen molar-refractivity contribution >= 4 is 50.5 Å². The topological polar surface area (TPSA) is 80.5 Å². The molecular formula is C12H7Cl3N2O4S. The first-order chi connectivity index (χ1) is 10.2. The highest BCUT2D eigenvalue weighted by molar-refractivity contribution is 7.92. The van der Waals surface area contributed by atoms with Gasteiger partial charge in [0.1, 0.15) is 0 Å². The molecule has 0 fully saturated rings. The average Bonchev–Trinajstić information content (AvgIpc) is 2.42. The van der Waals surface area contributed by atoms with Crippen LogP contribution in [0.3, 0.4) is 0 Å². The van der Waals surface area contributed by atoms with Crippen LogP contribution in [0.2, 0.25) is 15.1 Å². The lowest BCUT2D eigenvalue weighted by molar-refractivity contribution is -0.474. The van der Waals surface area contributed by atoms with Crippen LogP contribution in [-0.4, -0.2) is 13.5 Å². The Bertz CT molecular complexity index is 805. The normalized spacial score (nSPS) is 11.2. The minimum Gasteiger partial charge on any atom is -0.233 e. The van der Waals surface area contributed by atoms with E-state index in [2.05, 4.69) is 0 Å². The van der Waals surface area contributed by atoms with Crippen molar-refractivity contribution in [3.05, 3.63) is 67.6 Å². The van der Waals surface area contributed by atoms with Crippen LogP contribution in [0.5, 0.6) is 0 Å². The number of hydrazine groups is 1. The Kier molecular flexibility index (Phi) is 4.81. The molecular weight excluding hydrogens is 375 g/mol. The largest absolute Gasteiger partial charge is 0.318 e. The lowest BCUT2D eigenvalue weighted by Gasteiger charge is -2.16. The number of hydrogen-bond donors (Lipinski definition) is 0. The molecule has 0 atom stereocenters. The smallest absolute Gasteiger partial charge is 0.233 e. The van der Waals surface area contributed by atoms with Crippen molar-refractivity contribution in [2.75, 3.05) is 4.41 Å². The number of sulfonamides is 1. The summed E-state index contributed by atoms with van der Waals surface area (Å²) >= 11 is 17.5. The van der Waals surface area contributed by atoms with E-state index in [0.29, 0.717) is 0 Å². The molecule has 0 amide bonds. The third kappa shape index (κ3) is 3.12. The summed E-state index contributed by atoms with van der Waals surface area (Å²) in [6, 6.07) is 9.25. The maximum atomic E-state index is 12.5. The predicted molar refractivity (Wildman–Crippen MR) is 84.6 cm³/mol. The van der Waals surface area contributed by atoms with Gasteiger partial charge in [0.05, 0.1) is 14.9 Å². The Labute approximate surface area is 141 Å². The van der Waals surface area contributed by atoms with Crippen LogP contribution in [0.25, 0.3) is 0 Å². The minimum absolute atomic E-state index is 0.0661. The Morgan fingerprint density at radius 3 is 1.95 bits per heavy atom. The molecule has 0 heterocycles. The molecule has 0 aliphatic rings. The first kappa shape index (κ1) is 16.8. The van der Waals surface area contributed by atoms with Crippen LogP contribution >= 0.6 is 34.8 Å². The number of anilines is 1. The van der Waals surface area contributed by atoms with Gasteiger partial charge in [-0.1, -0.05) is 53.0 Å². The molecule has 6 nitrogen and oxygen atoms in total. The Hall–Kier alpha value is -1.54. The summed E-state index contributed by atoms with van der Waals surface area (Å²) in [5.41, 5.74) is -0.471. The summed E-state index contributed by atoms with van der Waals surface area (Å²) in [4.78, 5) is 11.0. The molecule has 0 radical (unpaired) electrons. The molecule has 0 aliphatic heterocycles. The van der Waals surface area contributed by atoms with Crippen molar-refractivity contribution in [2.24, 2.45) is 0 Å². The number of hydrogen-bond acceptors (Lipinski definition) is 4. The summed E-state index contributed by atoms with van der Waals surface area (Å²) in [6.45, 7) is 0. The molecule has 0 spiro atoms. The van der Waals surface area contributed by atoms with Crippen molar-refractivity contribution in [1.29, 1.82) is 0 Å². The molecule has 116 valence electrons. The predicted octanol–water partition coefficient (Wildman–Crippen LogP) is 4.03. The van der Waals surface area contributed by atoms with Gasteiger partial charge < -0.3 is 0 Å². The van der Waals surface area contributed by atoms with Crippen LogP contribution in [0, 0.1) is 10.1 Å². The van der Waals surface area contributed by atoms with Gasteiger partial charge >= 0.3 is 10.0 Å². The zero-order valence-electron chi connectivity index (χ0n) is 10.6. The van der Waals surface area contributed by atoms with Crippen LogP contribution in [0.4, 0.5) is 5.69 Å². The zero-order valence-corrected chi connectivity index (χ0v) is 13.7. The minimum atomic E-state index is -4.49. The molecule has 0 bridgehead atoms. The highest BCUT2D eigenvalue weighted by Crippen LogP contribution is 2.39. The van der Waals surface area contributed by atoms with E-state index in [0.717, 1.165) is 0 Å². The summed E-state index contributed by atoms with van der Waals surface area (Å²) in [6.07, 6.45) is 0. The summed E-state index contributed by atoms with van der Waals surface area (Å²) in [5.74, 6) is 0. The van der Waals surface area contributed by atoms with Gasteiger partial charge in [0.25, 0.3) is 0 Å². The fourth-order valence-corrected chi connectivity index (χ4v) is 4.09. The molecule has 0 aliphatic carbocycles. The van der Waals surface area contributed by atoms with E-state index in [-0.39, 0.29) is 24.4 Å². The molecule has 0 unspecified atom stereocenters. The van der Waals surface area contributed by atoms with Gasteiger partial charge in [-0.25, -0.2) is 10.1 Å². The molecule has 2 rings (SSSR count). The number of rotatable bonds is 4. The highest BCUT2D eigenvalue weighted by Gasteiger charge is 2.38. The summed E-state index contributed by atoms with van der Waals surface area (Å²) in [7, 11) is -4.49. The average molecular weight is 382 g/mol. The third-order valence-corrected chi connectivity index (χ3v) is 5.02. The monoisotopic (exact) mass is 380 g/mol. The van der Waals surface area contributed by atoms with Gasteiger partial charge in [-0.05, 0) is 24.3 Å². The van der Waals surface area contributed by atoms with Crippen LogP contribution in [-0.2, 0) is 10.0 Å². The second-order valence-corrected chi connectivity index (χ2v) is 7.04. The van der Waals surface area contributed by atoms with E-state index in [1.807, 2.05) is 0 Å². The van der Waals surface area contributed by atoms with Gasteiger partial charge in [-0.3, -0.25) is 0 Å². The fourth-order valence-electron chi connectivity index (χ4n) is 1.70. The van der Waals surface area contributed by atoms with E-state index in [1.54, 1.807) is 6.07 Å². The van der Waals surface area contributed by atoms with E-state index in [4.69, 9.17) is 34.8 Å². The number of nitro groups is 1. The summed E-state index contributed by atoms with van der Waals surface area (Å²) < 4.78 is 24.9. The maximum absolute atomic E-state index is 12.5. The number of nitrogens with zero attached hydrogens (tertiary/aromatic N) is 2. The number of halogens is 3. The van der Waals surface area contributed by atoms with Crippen molar-refractivity contribution < 1.29 is 13.5 Å². The van der Waals surface area contributed by atoms with Crippen LogP contribution in [0.1, 0.15) is 0 Å². The van der Waals surface area contributed by atoms with E-state index >= 15 is 0 Å². The summed E-state index contributed by atoms with van der Waals surface area (Å²) in [5, 5.41) is 9.82. The van der Waals surface area contributed by atoms with Crippen molar-refractivity contribution in [2.45, 2.75) is 4.90 Å². The fraction of sp³-hybridized carbons (Fsp3) is 0. The maximum Gasteiger partial charge on any atom is 0.318 e. The van der Waals surface area contributed by atoms with E-state index in [1.165, 1.54) is 36.4 Å². The van der Waals surface area contributed by atoms with Crippen molar-refractivity contribution in [3.63, 3.8) is 0 Å². The van der Waals surface area contributed by atoms with Crippen molar-refractivity contribution in [3.8, 4) is 0 Å². The van der Waals surface area contributed by atoms with Crippen LogP contribution < -0.4 is 4.41 Å². The van der Waals surface area contributed by atoms with Crippen LogP contribution in [0.15, 0.2) is 47.4 Å². The molecule has 0 N–H and O–H groups in total. The molecule has 0 saturated carbocycles. The first-order valence-corrected chi connectivity index (χ1v) is 8.22. The first-order valence-electron chi connectivity index (χ1n) is 5.64. The SMILES string of the molecule is O=[N+]([O-])N(c1c(Cl)cc(Cl)cc1Cl)S(=O)(=O)c1ccccc1. The van der Waals surface area contributed by atoms with Gasteiger partial charge in [0, 0.05) is 9.44 Å². The van der Waals surface area contributed by atoms with Gasteiger partial charge in [0.2, 0.25) is 0 Å². The van der Waals surface area contributed by atoms with E-state index in [9.17, 15) is 18.5 Å². The second kappa shape index (κ2) is 6.29. The highest BCUT2D eigenvalue weighted by atomic mass is 35.5. The van der Waals surface area contributed by atoms with Gasteiger partial charge in [-0.2, -0.15) is 8.42 Å². The second-order valence-electron chi connectivity index (χ2n) is 4.02. The van der Waals surface area contributed by atoms with Gasteiger partial charge in [-0.15, -0.1) is 0 Å². The molecule has 2 aromatic carbocycles. The number of benzene rings is 2.